The zero-order valence-electron chi connectivity index (χ0n) is 10.4. The Hall–Kier alpha value is -0.420. The van der Waals surface area contributed by atoms with Crippen LogP contribution in [-0.4, -0.2) is 18.8 Å². The van der Waals surface area contributed by atoms with E-state index in [0.717, 1.165) is 25.9 Å². The average Bonchev–Trinajstić information content (AvgIpc) is 2.99. The van der Waals surface area contributed by atoms with Gasteiger partial charge in [-0.1, -0.05) is 6.92 Å². The first kappa shape index (κ1) is 13.0. The van der Waals surface area contributed by atoms with Crippen LogP contribution in [0.2, 0.25) is 0 Å². The minimum Gasteiger partial charge on any atom is -0.378 e. The maximum Gasteiger partial charge on any atom is 0.0591 e. The lowest BCUT2D eigenvalue weighted by Crippen LogP contribution is -2.39. The molecule has 17 heavy (non-hydrogen) atoms. The molecule has 2 unspecified atom stereocenters. The van der Waals surface area contributed by atoms with Crippen molar-refractivity contribution in [2.75, 3.05) is 6.61 Å². The number of ether oxygens (including phenoxy) is 1. The second-order valence-electron chi connectivity index (χ2n) is 4.66. The van der Waals surface area contributed by atoms with Crippen molar-refractivity contribution in [1.82, 2.24) is 5.43 Å². The van der Waals surface area contributed by atoms with Crippen LogP contribution in [0.3, 0.4) is 0 Å². The zero-order valence-corrected chi connectivity index (χ0v) is 11.3. The fourth-order valence-corrected chi connectivity index (χ4v) is 3.36. The largest absolute Gasteiger partial charge is 0.378 e. The molecule has 0 bridgehead atoms. The van der Waals surface area contributed by atoms with E-state index in [4.69, 9.17) is 10.6 Å². The smallest absolute Gasteiger partial charge is 0.0591 e. The predicted molar refractivity (Wildman–Crippen MR) is 72.1 cm³/mol. The van der Waals surface area contributed by atoms with Crippen molar-refractivity contribution in [2.24, 2.45) is 5.84 Å². The van der Waals surface area contributed by atoms with Crippen LogP contribution in [0.25, 0.3) is 0 Å². The Bertz CT molecular complexity index is 334. The summed E-state index contributed by atoms with van der Waals surface area (Å²) in [4.78, 5) is 2.87. The molecule has 4 heteroatoms. The van der Waals surface area contributed by atoms with Crippen LogP contribution < -0.4 is 11.3 Å². The molecular formula is C13H22N2OS. The number of rotatable bonds is 6. The number of hydrogen-bond donors (Lipinski definition) is 2. The molecule has 1 aliphatic heterocycles. The molecule has 1 aromatic rings. The Balaban J connectivity index is 1.85. The minimum absolute atomic E-state index is 0.335. The third-order valence-electron chi connectivity index (χ3n) is 3.32. The van der Waals surface area contributed by atoms with Crippen LogP contribution in [-0.2, 0) is 17.6 Å². The van der Waals surface area contributed by atoms with E-state index in [0.29, 0.717) is 12.1 Å². The third-order valence-corrected chi connectivity index (χ3v) is 4.57. The molecule has 0 aliphatic carbocycles. The van der Waals surface area contributed by atoms with Crippen LogP contribution >= 0.6 is 11.3 Å². The highest BCUT2D eigenvalue weighted by atomic mass is 32.1. The van der Waals surface area contributed by atoms with E-state index in [1.165, 1.54) is 22.6 Å². The number of nitrogens with two attached hydrogens (primary N) is 1. The van der Waals surface area contributed by atoms with Crippen LogP contribution in [0.1, 0.15) is 35.9 Å². The molecule has 3 N–H and O–H groups in total. The molecule has 0 spiro atoms. The molecule has 2 rings (SSSR count). The fourth-order valence-electron chi connectivity index (χ4n) is 2.32. The Kier molecular flexibility index (Phi) is 4.98. The number of hydrogen-bond acceptors (Lipinski definition) is 4. The first-order valence-corrected chi connectivity index (χ1v) is 7.28. The molecule has 3 nitrogen and oxygen atoms in total. The molecule has 96 valence electrons. The highest BCUT2D eigenvalue weighted by molar-refractivity contribution is 7.11. The summed E-state index contributed by atoms with van der Waals surface area (Å²) in [6.07, 6.45) is 5.94. The Morgan fingerprint density at radius 1 is 1.53 bits per heavy atom. The fraction of sp³-hybridized carbons (Fsp3) is 0.692. The Morgan fingerprint density at radius 3 is 2.94 bits per heavy atom. The summed E-state index contributed by atoms with van der Waals surface area (Å²) in [6, 6.07) is 4.78. The van der Waals surface area contributed by atoms with Gasteiger partial charge in [0, 0.05) is 22.4 Å². The van der Waals surface area contributed by atoms with Gasteiger partial charge in [0.1, 0.15) is 0 Å². The predicted octanol–water partition coefficient (Wildman–Crippen LogP) is 2.25. The highest BCUT2D eigenvalue weighted by Gasteiger charge is 2.20. The van der Waals surface area contributed by atoms with E-state index in [9.17, 15) is 0 Å². The summed E-state index contributed by atoms with van der Waals surface area (Å²) >= 11 is 1.90. The van der Waals surface area contributed by atoms with Crippen molar-refractivity contribution in [2.45, 2.75) is 51.2 Å². The molecule has 1 saturated heterocycles. The summed E-state index contributed by atoms with van der Waals surface area (Å²) in [5.41, 5.74) is 2.93. The molecule has 1 aromatic heterocycles. The lowest BCUT2D eigenvalue weighted by Gasteiger charge is -2.18. The standard InChI is InChI=1S/C13H22N2OS/c1-2-12-5-6-13(17-12)9-10(15-14)8-11-4-3-7-16-11/h5-6,10-11,15H,2-4,7-9,14H2,1H3. The van der Waals surface area contributed by atoms with Crippen LogP contribution in [0.5, 0.6) is 0 Å². The van der Waals surface area contributed by atoms with E-state index >= 15 is 0 Å². The average molecular weight is 254 g/mol. The van der Waals surface area contributed by atoms with E-state index in [1.54, 1.807) is 0 Å². The van der Waals surface area contributed by atoms with Crippen molar-refractivity contribution < 1.29 is 4.74 Å². The molecule has 1 fully saturated rings. The summed E-state index contributed by atoms with van der Waals surface area (Å²) in [5, 5.41) is 0. The normalized spacial score (nSPS) is 21.9. The Morgan fingerprint density at radius 2 is 2.35 bits per heavy atom. The van der Waals surface area contributed by atoms with Gasteiger partial charge in [-0.2, -0.15) is 0 Å². The first-order chi connectivity index (χ1) is 8.31. The first-order valence-electron chi connectivity index (χ1n) is 6.47. The molecule has 0 saturated carbocycles. The van der Waals surface area contributed by atoms with E-state index < -0.39 is 0 Å². The molecular weight excluding hydrogens is 232 g/mol. The van der Waals surface area contributed by atoms with Crippen molar-refractivity contribution in [3.05, 3.63) is 21.9 Å². The highest BCUT2D eigenvalue weighted by Crippen LogP contribution is 2.22. The molecule has 0 aromatic carbocycles. The number of thiophene rings is 1. The van der Waals surface area contributed by atoms with Crippen molar-refractivity contribution >= 4 is 11.3 Å². The van der Waals surface area contributed by atoms with Crippen LogP contribution in [0.4, 0.5) is 0 Å². The van der Waals surface area contributed by atoms with Gasteiger partial charge in [-0.3, -0.25) is 11.3 Å². The minimum atomic E-state index is 0.335. The molecule has 1 aliphatic rings. The van der Waals surface area contributed by atoms with Crippen molar-refractivity contribution in [3.63, 3.8) is 0 Å². The van der Waals surface area contributed by atoms with Crippen molar-refractivity contribution in [3.8, 4) is 0 Å². The summed E-state index contributed by atoms with van der Waals surface area (Å²) in [5.74, 6) is 5.64. The van der Waals surface area contributed by atoms with Crippen LogP contribution in [0.15, 0.2) is 12.1 Å². The third kappa shape index (κ3) is 3.78. The van der Waals surface area contributed by atoms with Gasteiger partial charge in [0.05, 0.1) is 6.10 Å². The van der Waals surface area contributed by atoms with Gasteiger partial charge < -0.3 is 4.74 Å². The van der Waals surface area contributed by atoms with Gasteiger partial charge in [0.25, 0.3) is 0 Å². The lowest BCUT2D eigenvalue weighted by atomic mass is 10.0. The van der Waals surface area contributed by atoms with Gasteiger partial charge in [-0.05, 0) is 44.2 Å². The topological polar surface area (TPSA) is 47.3 Å². The number of nitrogens with one attached hydrogen (secondary N) is 1. The monoisotopic (exact) mass is 254 g/mol. The second-order valence-corrected chi connectivity index (χ2v) is 5.91. The van der Waals surface area contributed by atoms with Gasteiger partial charge >= 0.3 is 0 Å². The quantitative estimate of drug-likeness (QED) is 0.604. The lowest BCUT2D eigenvalue weighted by molar-refractivity contribution is 0.0947. The van der Waals surface area contributed by atoms with Gasteiger partial charge in [-0.15, -0.1) is 11.3 Å². The molecule has 2 atom stereocenters. The molecule has 2 heterocycles. The van der Waals surface area contributed by atoms with E-state index in [1.807, 2.05) is 11.3 Å². The van der Waals surface area contributed by atoms with Crippen molar-refractivity contribution in [1.29, 1.82) is 0 Å². The molecule has 0 amide bonds. The van der Waals surface area contributed by atoms with E-state index in [-0.39, 0.29) is 0 Å². The zero-order chi connectivity index (χ0) is 12.1. The maximum absolute atomic E-state index is 5.66. The summed E-state index contributed by atoms with van der Waals surface area (Å²) in [6.45, 7) is 3.11. The number of aryl methyl sites for hydroxylation is 1. The van der Waals surface area contributed by atoms with Gasteiger partial charge in [0.2, 0.25) is 0 Å². The van der Waals surface area contributed by atoms with Crippen LogP contribution in [0, 0.1) is 0 Å². The Labute approximate surface area is 107 Å². The van der Waals surface area contributed by atoms with Gasteiger partial charge in [-0.25, -0.2) is 0 Å². The summed E-state index contributed by atoms with van der Waals surface area (Å²) in [7, 11) is 0. The SMILES string of the molecule is CCc1ccc(CC(CC2CCCO2)NN)s1. The summed E-state index contributed by atoms with van der Waals surface area (Å²) < 4.78 is 5.66. The molecule has 0 radical (unpaired) electrons. The second kappa shape index (κ2) is 6.50. The van der Waals surface area contributed by atoms with Gasteiger partial charge in [0.15, 0.2) is 0 Å². The van der Waals surface area contributed by atoms with E-state index in [2.05, 4.69) is 24.5 Å². The maximum atomic E-state index is 5.66. The number of hydrazine groups is 1.